The fourth-order valence-electron chi connectivity index (χ4n) is 8.77. The summed E-state index contributed by atoms with van der Waals surface area (Å²) < 4.78 is 44.6. The molecule has 378 valence electrons. The summed E-state index contributed by atoms with van der Waals surface area (Å²) >= 11 is 0. The van der Waals surface area contributed by atoms with Crippen molar-refractivity contribution in [3.05, 3.63) is 174 Å². The molecule has 4 unspecified atom stereocenters. The number of benzene rings is 5. The lowest BCUT2D eigenvalue weighted by Crippen LogP contribution is -2.39. The smallest absolute Gasteiger partial charge is 0.259 e. The minimum atomic E-state index is -1.64. The summed E-state index contributed by atoms with van der Waals surface area (Å²) in [6.45, 7) is 16.0. The van der Waals surface area contributed by atoms with Gasteiger partial charge in [-0.3, -0.25) is 9.36 Å². The van der Waals surface area contributed by atoms with Gasteiger partial charge in [-0.05, 0) is 98.8 Å². The first-order valence-corrected chi connectivity index (χ1v) is 27.6. The maximum atomic E-state index is 13.3. The zero-order valence-electron chi connectivity index (χ0n) is 42.4. The molecule has 7 aromatic rings. The summed E-state index contributed by atoms with van der Waals surface area (Å²) in [5.74, 6) is 1.44. The molecule has 1 aliphatic heterocycles. The zero-order valence-corrected chi connectivity index (χ0v) is 45.0. The van der Waals surface area contributed by atoms with Gasteiger partial charge in [0.1, 0.15) is 35.8 Å². The van der Waals surface area contributed by atoms with Crippen LogP contribution in [0.5, 0.6) is 11.5 Å². The van der Waals surface area contributed by atoms with Crippen molar-refractivity contribution in [1.82, 2.24) is 24.2 Å². The van der Waals surface area contributed by atoms with Gasteiger partial charge in [-0.15, -0.1) is 0 Å². The van der Waals surface area contributed by atoms with Crippen LogP contribution < -0.4 is 14.8 Å². The number of anilines is 1. The largest absolute Gasteiger partial charge is 0.497 e. The van der Waals surface area contributed by atoms with E-state index < -0.39 is 32.6 Å². The molecule has 1 aliphatic rings. The van der Waals surface area contributed by atoms with Crippen molar-refractivity contribution in [2.45, 2.75) is 107 Å². The number of hydrogen-bond acceptors (Lipinski definition) is 13. The molecule has 0 bridgehead atoms. The quantitative estimate of drug-likeness (QED) is 0.0393. The predicted octanol–water partition coefficient (Wildman–Crippen LogP) is 12.9. The number of hydrogen-bond donors (Lipinski definition) is 1. The van der Waals surface area contributed by atoms with Crippen molar-refractivity contribution < 1.29 is 32.8 Å². The van der Waals surface area contributed by atoms with Gasteiger partial charge in [0.15, 0.2) is 17.0 Å². The molecule has 13 nitrogen and oxygen atoms in total. The third-order valence-corrected chi connectivity index (χ3v) is 17.8. The van der Waals surface area contributed by atoms with E-state index in [4.69, 9.17) is 33.0 Å². The van der Waals surface area contributed by atoms with Crippen LogP contribution in [-0.2, 0) is 30.5 Å². The van der Waals surface area contributed by atoms with Gasteiger partial charge < -0.3 is 33.3 Å². The zero-order chi connectivity index (χ0) is 50.8. The van der Waals surface area contributed by atoms with Gasteiger partial charge in [-0.2, -0.15) is 0 Å². The Morgan fingerprint density at radius 1 is 0.792 bits per heavy atom. The second kappa shape index (κ2) is 24.1. The Hall–Kier alpha value is -5.35. The van der Waals surface area contributed by atoms with Crippen LogP contribution in [-0.4, -0.2) is 86.6 Å². The number of ether oxygens (including phenoxy) is 4. The SMILES string of the molecule is COc1ccc(C(OCC2OC(n3cnc4c(NC(=O)c5ccccc5)ncnc43)CC2OP(OCCc2ccccc2SSC(C)(C)C)N(C(C)C)C(C)C)(c2ccccc2)c2ccc(OC)cc2)cc1. The first-order chi connectivity index (χ1) is 34.8. The van der Waals surface area contributed by atoms with E-state index in [1.54, 1.807) is 32.7 Å². The van der Waals surface area contributed by atoms with Crippen LogP contribution in [0.4, 0.5) is 5.82 Å². The minimum Gasteiger partial charge on any atom is -0.497 e. The fraction of sp³-hybridized carbons (Fsp3) is 0.357. The van der Waals surface area contributed by atoms with E-state index in [-0.39, 0.29) is 29.3 Å². The Kier molecular flexibility index (Phi) is 17.7. The van der Waals surface area contributed by atoms with Gasteiger partial charge >= 0.3 is 0 Å². The lowest BCUT2D eigenvalue weighted by Gasteiger charge is -2.39. The lowest BCUT2D eigenvalue weighted by molar-refractivity contribution is -0.0912. The average molecular weight is 1030 g/mol. The highest BCUT2D eigenvalue weighted by Gasteiger charge is 2.45. The van der Waals surface area contributed by atoms with Crippen molar-refractivity contribution in [2.24, 2.45) is 0 Å². The van der Waals surface area contributed by atoms with Gasteiger partial charge in [-0.25, -0.2) is 19.6 Å². The van der Waals surface area contributed by atoms with Crippen molar-refractivity contribution in [3.8, 4) is 11.5 Å². The number of methoxy groups -OCH3 is 2. The highest BCUT2D eigenvalue weighted by atomic mass is 33.1. The lowest BCUT2D eigenvalue weighted by atomic mass is 9.80. The second-order valence-electron chi connectivity index (χ2n) is 19.0. The fourth-order valence-corrected chi connectivity index (χ4v) is 12.8. The standard InChI is InChI=1S/C56H65N6O7PS2/c1-38(2)62(39(3)4)70(67-33-32-40-18-16-17-23-49(40)71-72-55(5,6)7)69-47-34-50(61-37-59-51-52(57-36-58-53(51)61)60-54(63)41-19-12-10-13-20-41)68-48(47)35-66-56(42-21-14-11-15-22-42,43-24-28-45(64-8)29-25-43)44-26-30-46(65-9)31-27-44/h10-31,36-39,47-48,50H,32-35H2,1-9H3,(H,57,58,60,63). The monoisotopic (exact) mass is 1030 g/mol. The van der Waals surface area contributed by atoms with Gasteiger partial charge in [0.2, 0.25) is 0 Å². The van der Waals surface area contributed by atoms with Gasteiger partial charge in [0, 0.05) is 33.7 Å². The number of amides is 1. The maximum Gasteiger partial charge on any atom is 0.259 e. The van der Waals surface area contributed by atoms with E-state index in [0.717, 1.165) is 28.2 Å². The first-order valence-electron chi connectivity index (χ1n) is 24.3. The van der Waals surface area contributed by atoms with Crippen LogP contribution in [0.25, 0.3) is 11.2 Å². The van der Waals surface area contributed by atoms with Gasteiger partial charge in [0.05, 0.1) is 39.9 Å². The molecule has 0 spiro atoms. The van der Waals surface area contributed by atoms with Gasteiger partial charge in [-0.1, -0.05) is 133 Å². The Morgan fingerprint density at radius 3 is 2.00 bits per heavy atom. The number of rotatable bonds is 22. The topological polar surface area (TPSA) is 131 Å². The van der Waals surface area contributed by atoms with Crippen LogP contribution in [0.2, 0.25) is 0 Å². The summed E-state index contributed by atoms with van der Waals surface area (Å²) in [6.07, 6.45) is 2.50. The Balaban J connectivity index is 1.16. The van der Waals surface area contributed by atoms with Crippen LogP contribution in [0.15, 0.2) is 151 Å². The van der Waals surface area contributed by atoms with Crippen molar-refractivity contribution in [2.75, 3.05) is 32.8 Å². The Bertz CT molecular complexity index is 2780. The molecular weight excluding hydrogens is 964 g/mol. The molecule has 0 aliphatic carbocycles. The van der Waals surface area contributed by atoms with E-state index >= 15 is 0 Å². The van der Waals surface area contributed by atoms with E-state index in [1.807, 2.05) is 111 Å². The molecule has 1 saturated heterocycles. The number of fused-ring (bicyclic) bond motifs is 1. The Morgan fingerprint density at radius 2 is 1.39 bits per heavy atom. The summed E-state index contributed by atoms with van der Waals surface area (Å²) in [6, 6.07) is 44.0. The summed E-state index contributed by atoms with van der Waals surface area (Å²) in [4.78, 5) is 28.4. The first kappa shape index (κ1) is 53.0. The molecule has 0 radical (unpaired) electrons. The number of carbonyl (C=O) groups is 1. The van der Waals surface area contributed by atoms with Crippen molar-refractivity contribution >= 4 is 53.0 Å². The Labute approximate surface area is 433 Å². The van der Waals surface area contributed by atoms with Crippen molar-refractivity contribution in [1.29, 1.82) is 0 Å². The summed E-state index contributed by atoms with van der Waals surface area (Å²) in [5, 5.41) is 2.94. The van der Waals surface area contributed by atoms with E-state index in [2.05, 4.69) is 105 Å². The third kappa shape index (κ3) is 12.5. The average Bonchev–Trinajstić information content (AvgIpc) is 4.01. The van der Waals surface area contributed by atoms with E-state index in [1.165, 1.54) is 16.8 Å². The van der Waals surface area contributed by atoms with Crippen LogP contribution in [0.3, 0.4) is 0 Å². The number of aromatic nitrogens is 4. The molecule has 72 heavy (non-hydrogen) atoms. The molecule has 5 aromatic carbocycles. The number of nitrogens with one attached hydrogen (secondary N) is 1. The molecule has 2 aromatic heterocycles. The molecule has 1 amide bonds. The predicted molar refractivity (Wildman–Crippen MR) is 290 cm³/mol. The molecule has 16 heteroatoms. The molecule has 4 atom stereocenters. The number of nitrogens with zero attached hydrogens (tertiary/aromatic N) is 5. The molecule has 3 heterocycles. The maximum absolute atomic E-state index is 13.3. The second-order valence-corrected chi connectivity index (χ2v) is 23.4. The number of carbonyl (C=O) groups excluding carboxylic acids is 1. The van der Waals surface area contributed by atoms with Crippen LogP contribution in [0, 0.1) is 0 Å². The molecule has 1 fully saturated rings. The normalized spacial score (nSPS) is 16.7. The van der Waals surface area contributed by atoms with Crippen LogP contribution >= 0.6 is 30.1 Å². The van der Waals surface area contributed by atoms with E-state index in [9.17, 15) is 4.79 Å². The third-order valence-electron chi connectivity index (χ3n) is 12.2. The van der Waals surface area contributed by atoms with Crippen LogP contribution in [0.1, 0.15) is 93.7 Å². The highest BCUT2D eigenvalue weighted by Crippen LogP contribution is 2.51. The van der Waals surface area contributed by atoms with Crippen molar-refractivity contribution in [3.63, 3.8) is 0 Å². The molecule has 1 N–H and O–H groups in total. The van der Waals surface area contributed by atoms with E-state index in [0.29, 0.717) is 42.0 Å². The molecule has 0 saturated carbocycles. The highest BCUT2D eigenvalue weighted by molar-refractivity contribution is 8.77. The minimum absolute atomic E-state index is 0.102. The molecule has 8 rings (SSSR count). The molecular formula is C56H65N6O7PS2. The van der Waals surface area contributed by atoms with Gasteiger partial charge in [0.25, 0.3) is 14.4 Å². The summed E-state index contributed by atoms with van der Waals surface area (Å²) in [7, 11) is 5.35. The number of imidazole rings is 1. The summed E-state index contributed by atoms with van der Waals surface area (Å²) in [5.41, 5.74) is 4.25.